The van der Waals surface area contributed by atoms with E-state index in [0.717, 1.165) is 17.1 Å². The summed E-state index contributed by atoms with van der Waals surface area (Å²) in [6, 6.07) is 20.8. The second kappa shape index (κ2) is 10.4. The second-order valence-corrected chi connectivity index (χ2v) is 6.12. The zero-order chi connectivity index (χ0) is 22.1. The van der Waals surface area contributed by atoms with Crippen LogP contribution in [-0.2, 0) is 0 Å². The zero-order valence-corrected chi connectivity index (χ0v) is 17.1. The van der Waals surface area contributed by atoms with Crippen molar-refractivity contribution in [3.8, 4) is 23.0 Å². The van der Waals surface area contributed by atoms with Crippen LogP contribution in [0.25, 0.3) is 0 Å². The lowest BCUT2D eigenvalue weighted by Crippen LogP contribution is -2.10. The van der Waals surface area contributed by atoms with Gasteiger partial charge >= 0.3 is 0 Å². The summed E-state index contributed by atoms with van der Waals surface area (Å²) in [4.78, 5) is 2.04. The quantitative estimate of drug-likeness (QED) is 0.310. The molecule has 3 aromatic rings. The minimum Gasteiger partial charge on any atom is -0.466 e. The van der Waals surface area contributed by atoms with Crippen LogP contribution in [0.4, 0.5) is 17.1 Å². The molecule has 156 valence electrons. The lowest BCUT2D eigenvalue weighted by Gasteiger charge is -2.26. The summed E-state index contributed by atoms with van der Waals surface area (Å²) >= 11 is 0. The van der Waals surface area contributed by atoms with Crippen molar-refractivity contribution in [2.75, 3.05) is 4.90 Å². The molecular formula is C26H23NO4. The largest absolute Gasteiger partial charge is 0.466 e. The van der Waals surface area contributed by atoms with E-state index in [1.807, 2.05) is 65.6 Å². The summed E-state index contributed by atoms with van der Waals surface area (Å²) in [5, 5.41) is 0. The van der Waals surface area contributed by atoms with E-state index in [4.69, 9.17) is 18.9 Å². The van der Waals surface area contributed by atoms with Crippen LogP contribution in [0.3, 0.4) is 0 Å². The molecule has 0 aromatic heterocycles. The molecule has 5 nitrogen and oxygen atoms in total. The molecule has 0 radical (unpaired) electrons. The van der Waals surface area contributed by atoms with Gasteiger partial charge in [-0.3, -0.25) is 0 Å². The van der Waals surface area contributed by atoms with Crippen LogP contribution in [0.15, 0.2) is 118 Å². The Balaban J connectivity index is 2.12. The lowest BCUT2D eigenvalue weighted by atomic mass is 10.1. The van der Waals surface area contributed by atoms with Crippen LogP contribution in [-0.4, -0.2) is 0 Å². The summed E-state index contributed by atoms with van der Waals surface area (Å²) in [7, 11) is 0. The van der Waals surface area contributed by atoms with Gasteiger partial charge in [0.1, 0.15) is 23.0 Å². The Morgan fingerprint density at radius 2 is 0.806 bits per heavy atom. The molecule has 0 unspecified atom stereocenters. The van der Waals surface area contributed by atoms with E-state index in [1.54, 1.807) is 6.07 Å². The van der Waals surface area contributed by atoms with Gasteiger partial charge in [-0.15, -0.1) is 0 Å². The van der Waals surface area contributed by atoms with Crippen molar-refractivity contribution in [1.29, 1.82) is 0 Å². The standard InChI is InChI=1S/C26H23NO4/c1-5-28-23-13-9-20(10-14-23)27(21-11-15-24(16-12-21)29-6-2)22-17-25(30-7-3)19-26(18-22)31-8-4/h5-19H,1-4H2. The molecule has 3 aromatic carbocycles. The number of anilines is 3. The Kier molecular flexibility index (Phi) is 7.16. The molecule has 0 saturated carbocycles. The maximum atomic E-state index is 5.52. The van der Waals surface area contributed by atoms with E-state index in [2.05, 4.69) is 26.3 Å². The first-order valence-corrected chi connectivity index (χ1v) is 9.44. The van der Waals surface area contributed by atoms with Crippen molar-refractivity contribution >= 4 is 17.1 Å². The SMILES string of the molecule is C=COc1ccc(N(c2ccc(OC=C)cc2)c2cc(OC=C)cc(OC=C)c2)cc1. The van der Waals surface area contributed by atoms with Crippen molar-refractivity contribution in [2.45, 2.75) is 0 Å². The molecule has 0 saturated heterocycles. The number of ether oxygens (including phenoxy) is 4. The fourth-order valence-corrected chi connectivity index (χ4v) is 3.00. The smallest absolute Gasteiger partial charge is 0.132 e. The van der Waals surface area contributed by atoms with Gasteiger partial charge in [0.15, 0.2) is 0 Å². The predicted octanol–water partition coefficient (Wildman–Crippen LogP) is 7.25. The Hall–Kier alpha value is -4.38. The highest BCUT2D eigenvalue weighted by Gasteiger charge is 2.15. The van der Waals surface area contributed by atoms with Gasteiger partial charge in [-0.1, -0.05) is 26.3 Å². The Bertz CT molecular complexity index is 974. The topological polar surface area (TPSA) is 40.2 Å². The highest BCUT2D eigenvalue weighted by molar-refractivity contribution is 5.78. The molecule has 0 N–H and O–H groups in total. The second-order valence-electron chi connectivity index (χ2n) is 6.12. The van der Waals surface area contributed by atoms with Gasteiger partial charge in [0.2, 0.25) is 0 Å². The molecule has 0 spiro atoms. The first-order valence-electron chi connectivity index (χ1n) is 9.44. The molecule has 0 amide bonds. The number of hydrogen-bond acceptors (Lipinski definition) is 5. The lowest BCUT2D eigenvalue weighted by molar-refractivity contribution is 0.461. The Morgan fingerprint density at radius 1 is 0.452 bits per heavy atom. The highest BCUT2D eigenvalue weighted by Crippen LogP contribution is 2.39. The molecule has 3 rings (SSSR count). The first-order chi connectivity index (χ1) is 15.2. The average Bonchev–Trinajstić information content (AvgIpc) is 2.77. The van der Waals surface area contributed by atoms with Gasteiger partial charge in [-0.05, 0) is 48.5 Å². The number of rotatable bonds is 11. The van der Waals surface area contributed by atoms with E-state index < -0.39 is 0 Å². The van der Waals surface area contributed by atoms with Crippen LogP contribution in [0.1, 0.15) is 0 Å². The molecule has 31 heavy (non-hydrogen) atoms. The molecular weight excluding hydrogens is 390 g/mol. The monoisotopic (exact) mass is 413 g/mol. The molecule has 0 aliphatic carbocycles. The summed E-state index contributed by atoms with van der Waals surface area (Å²) in [6.07, 6.45) is 5.51. The summed E-state index contributed by atoms with van der Waals surface area (Å²) < 4.78 is 21.7. The van der Waals surface area contributed by atoms with Gasteiger partial charge in [0.25, 0.3) is 0 Å². The van der Waals surface area contributed by atoms with Crippen molar-refractivity contribution in [3.05, 3.63) is 118 Å². The van der Waals surface area contributed by atoms with Crippen molar-refractivity contribution in [1.82, 2.24) is 0 Å². The average molecular weight is 413 g/mol. The minimum atomic E-state index is 0.576. The maximum absolute atomic E-state index is 5.52. The molecule has 5 heteroatoms. The Labute approximate surface area is 182 Å². The first kappa shape index (κ1) is 21.3. The third-order valence-electron chi connectivity index (χ3n) is 4.19. The molecule has 0 aliphatic heterocycles. The molecule has 0 atom stereocenters. The van der Waals surface area contributed by atoms with Crippen LogP contribution < -0.4 is 23.8 Å². The van der Waals surface area contributed by atoms with E-state index >= 15 is 0 Å². The van der Waals surface area contributed by atoms with Gasteiger partial charge in [0.05, 0.1) is 30.7 Å². The van der Waals surface area contributed by atoms with Gasteiger partial charge in [0, 0.05) is 29.6 Å². The molecule has 0 fully saturated rings. The van der Waals surface area contributed by atoms with Gasteiger partial charge in [-0.2, -0.15) is 0 Å². The van der Waals surface area contributed by atoms with E-state index in [0.29, 0.717) is 23.0 Å². The molecule has 0 aliphatic rings. The van der Waals surface area contributed by atoms with E-state index in [1.165, 1.54) is 25.0 Å². The molecule has 0 bridgehead atoms. The zero-order valence-electron chi connectivity index (χ0n) is 17.1. The van der Waals surface area contributed by atoms with Crippen LogP contribution in [0.2, 0.25) is 0 Å². The van der Waals surface area contributed by atoms with Crippen LogP contribution in [0.5, 0.6) is 23.0 Å². The van der Waals surface area contributed by atoms with Gasteiger partial charge < -0.3 is 23.8 Å². The predicted molar refractivity (Wildman–Crippen MR) is 124 cm³/mol. The van der Waals surface area contributed by atoms with Crippen molar-refractivity contribution in [3.63, 3.8) is 0 Å². The normalized spacial score (nSPS) is 9.81. The summed E-state index contributed by atoms with van der Waals surface area (Å²) in [6.45, 7) is 14.5. The summed E-state index contributed by atoms with van der Waals surface area (Å²) in [5.74, 6) is 2.53. The third-order valence-corrected chi connectivity index (χ3v) is 4.19. The van der Waals surface area contributed by atoms with E-state index in [-0.39, 0.29) is 0 Å². The van der Waals surface area contributed by atoms with Crippen molar-refractivity contribution < 1.29 is 18.9 Å². The van der Waals surface area contributed by atoms with Crippen molar-refractivity contribution in [2.24, 2.45) is 0 Å². The summed E-state index contributed by atoms with van der Waals surface area (Å²) in [5.41, 5.74) is 2.61. The van der Waals surface area contributed by atoms with E-state index in [9.17, 15) is 0 Å². The van der Waals surface area contributed by atoms with Gasteiger partial charge in [-0.25, -0.2) is 0 Å². The maximum Gasteiger partial charge on any atom is 0.132 e. The number of benzene rings is 3. The molecule has 0 heterocycles. The van der Waals surface area contributed by atoms with Crippen LogP contribution in [0, 0.1) is 0 Å². The van der Waals surface area contributed by atoms with Crippen LogP contribution >= 0.6 is 0 Å². The number of hydrogen-bond donors (Lipinski definition) is 0. The highest BCUT2D eigenvalue weighted by atomic mass is 16.5. The Morgan fingerprint density at radius 3 is 1.16 bits per heavy atom. The number of nitrogens with zero attached hydrogens (tertiary/aromatic N) is 1. The fraction of sp³-hybridized carbons (Fsp3) is 0. The fourth-order valence-electron chi connectivity index (χ4n) is 3.00. The minimum absolute atomic E-state index is 0.576. The third kappa shape index (κ3) is 5.36.